The molecule has 0 radical (unpaired) electrons. The molecular weight excluding hydrogens is 318 g/mol. The van der Waals surface area contributed by atoms with Gasteiger partial charge in [-0.2, -0.15) is 0 Å². The average molecular weight is 340 g/mol. The van der Waals surface area contributed by atoms with E-state index in [2.05, 4.69) is 46.4 Å². The highest BCUT2D eigenvalue weighted by molar-refractivity contribution is 9.10. The molecule has 0 aliphatic heterocycles. The molecule has 3 nitrogen and oxygen atoms in total. The lowest BCUT2D eigenvalue weighted by atomic mass is 10.1. The van der Waals surface area contributed by atoms with Crippen molar-refractivity contribution in [2.24, 2.45) is 0 Å². The molecule has 1 amide bonds. The van der Waals surface area contributed by atoms with Crippen LogP contribution in [0.15, 0.2) is 28.7 Å². The van der Waals surface area contributed by atoms with Crippen molar-refractivity contribution in [1.29, 1.82) is 0 Å². The minimum Gasteiger partial charge on any atom is -0.444 e. The molecule has 0 aromatic heterocycles. The third-order valence-corrected chi connectivity index (χ3v) is 3.34. The molecular formula is C16H22BrNO2. The van der Waals surface area contributed by atoms with Gasteiger partial charge < -0.3 is 10.1 Å². The van der Waals surface area contributed by atoms with Crippen molar-refractivity contribution >= 4 is 28.1 Å². The van der Waals surface area contributed by atoms with E-state index >= 15 is 0 Å². The highest BCUT2D eigenvalue weighted by atomic mass is 79.9. The van der Waals surface area contributed by atoms with Gasteiger partial charge in [0.25, 0.3) is 0 Å². The SMILES string of the molecule is Cc1ccc(C=CCCNC(=O)OC(C)(C)C)cc1Br. The van der Waals surface area contributed by atoms with Gasteiger partial charge in [-0.25, -0.2) is 4.79 Å². The van der Waals surface area contributed by atoms with Crippen LogP contribution in [0.25, 0.3) is 6.08 Å². The molecule has 0 spiro atoms. The van der Waals surface area contributed by atoms with Gasteiger partial charge in [0.1, 0.15) is 5.60 Å². The molecule has 4 heteroatoms. The standard InChI is InChI=1S/C16H22BrNO2/c1-12-8-9-13(11-14(12)17)7-5-6-10-18-15(19)20-16(2,3)4/h5,7-9,11H,6,10H2,1-4H3,(H,18,19). The average Bonchev–Trinajstić information content (AvgIpc) is 2.31. The summed E-state index contributed by atoms with van der Waals surface area (Å²) in [5.41, 5.74) is 1.90. The van der Waals surface area contributed by atoms with Crippen molar-refractivity contribution in [1.82, 2.24) is 5.32 Å². The van der Waals surface area contributed by atoms with Crippen LogP contribution >= 0.6 is 15.9 Å². The highest BCUT2D eigenvalue weighted by Crippen LogP contribution is 2.18. The van der Waals surface area contributed by atoms with Crippen molar-refractivity contribution in [3.8, 4) is 0 Å². The number of hydrogen-bond donors (Lipinski definition) is 1. The number of hydrogen-bond acceptors (Lipinski definition) is 2. The van der Waals surface area contributed by atoms with E-state index in [0.29, 0.717) is 6.54 Å². The lowest BCUT2D eigenvalue weighted by Crippen LogP contribution is -2.32. The second-order valence-corrected chi connectivity index (χ2v) is 6.48. The Morgan fingerprint density at radius 1 is 1.40 bits per heavy atom. The fourth-order valence-corrected chi connectivity index (χ4v) is 1.90. The Morgan fingerprint density at radius 3 is 2.70 bits per heavy atom. The Morgan fingerprint density at radius 2 is 2.10 bits per heavy atom. The minimum absolute atomic E-state index is 0.371. The molecule has 1 N–H and O–H groups in total. The fourth-order valence-electron chi connectivity index (χ4n) is 1.50. The second kappa shape index (κ2) is 7.48. The summed E-state index contributed by atoms with van der Waals surface area (Å²) in [6.07, 6.45) is 4.48. The van der Waals surface area contributed by atoms with E-state index in [1.807, 2.05) is 32.9 Å². The van der Waals surface area contributed by atoms with Crippen LogP contribution in [0.3, 0.4) is 0 Å². The molecule has 110 valence electrons. The van der Waals surface area contributed by atoms with E-state index in [1.54, 1.807) is 0 Å². The predicted octanol–water partition coefficient (Wildman–Crippen LogP) is 4.69. The number of carbonyl (C=O) groups is 1. The van der Waals surface area contributed by atoms with Crippen LogP contribution in [0.5, 0.6) is 0 Å². The zero-order valence-electron chi connectivity index (χ0n) is 12.5. The molecule has 0 saturated carbocycles. The molecule has 0 saturated heterocycles. The largest absolute Gasteiger partial charge is 0.444 e. The molecule has 0 aliphatic carbocycles. The molecule has 1 rings (SSSR count). The monoisotopic (exact) mass is 339 g/mol. The summed E-state index contributed by atoms with van der Waals surface area (Å²) in [6.45, 7) is 8.17. The molecule has 0 unspecified atom stereocenters. The van der Waals surface area contributed by atoms with Gasteiger partial charge in [-0.1, -0.05) is 40.2 Å². The summed E-state index contributed by atoms with van der Waals surface area (Å²) in [6, 6.07) is 6.22. The molecule has 1 aromatic carbocycles. The van der Waals surface area contributed by atoms with Crippen molar-refractivity contribution in [3.05, 3.63) is 39.9 Å². The minimum atomic E-state index is -0.450. The Hall–Kier alpha value is -1.29. The number of aryl methyl sites for hydroxylation is 1. The Labute approximate surface area is 129 Å². The van der Waals surface area contributed by atoms with Crippen LogP contribution in [-0.2, 0) is 4.74 Å². The number of rotatable bonds is 4. The smallest absolute Gasteiger partial charge is 0.407 e. The van der Waals surface area contributed by atoms with Crippen LogP contribution in [-0.4, -0.2) is 18.2 Å². The Bertz CT molecular complexity index is 490. The molecule has 20 heavy (non-hydrogen) atoms. The van der Waals surface area contributed by atoms with Crippen LogP contribution in [0.4, 0.5) is 4.79 Å². The molecule has 0 heterocycles. The summed E-state index contributed by atoms with van der Waals surface area (Å²) >= 11 is 3.51. The van der Waals surface area contributed by atoms with E-state index < -0.39 is 5.60 Å². The topological polar surface area (TPSA) is 38.3 Å². The van der Waals surface area contributed by atoms with Crippen molar-refractivity contribution in [3.63, 3.8) is 0 Å². The van der Waals surface area contributed by atoms with Gasteiger partial charge in [0.15, 0.2) is 0 Å². The van der Waals surface area contributed by atoms with Crippen LogP contribution in [0, 0.1) is 6.92 Å². The number of halogens is 1. The number of benzene rings is 1. The quantitative estimate of drug-likeness (QED) is 0.808. The molecule has 0 atom stereocenters. The van der Waals surface area contributed by atoms with E-state index in [4.69, 9.17) is 4.74 Å². The summed E-state index contributed by atoms with van der Waals surface area (Å²) in [5.74, 6) is 0. The number of alkyl carbamates (subject to hydrolysis) is 1. The van der Waals surface area contributed by atoms with Crippen molar-refractivity contribution in [2.45, 2.75) is 39.7 Å². The summed E-state index contributed by atoms with van der Waals surface area (Å²) in [4.78, 5) is 11.4. The highest BCUT2D eigenvalue weighted by Gasteiger charge is 2.15. The Balaban J connectivity index is 2.32. The van der Waals surface area contributed by atoms with Gasteiger partial charge in [-0.3, -0.25) is 0 Å². The van der Waals surface area contributed by atoms with Gasteiger partial charge in [0, 0.05) is 11.0 Å². The van der Waals surface area contributed by atoms with Gasteiger partial charge >= 0.3 is 6.09 Å². The maximum Gasteiger partial charge on any atom is 0.407 e. The number of carbonyl (C=O) groups excluding carboxylic acids is 1. The summed E-state index contributed by atoms with van der Waals surface area (Å²) < 4.78 is 6.25. The normalized spacial score (nSPS) is 11.7. The molecule has 1 aromatic rings. The number of amides is 1. The van der Waals surface area contributed by atoms with Crippen LogP contribution < -0.4 is 5.32 Å². The lowest BCUT2D eigenvalue weighted by Gasteiger charge is -2.19. The first kappa shape index (κ1) is 16.8. The first-order chi connectivity index (χ1) is 9.28. The van der Waals surface area contributed by atoms with Gasteiger partial charge in [-0.05, 0) is 51.3 Å². The van der Waals surface area contributed by atoms with Gasteiger partial charge in [-0.15, -0.1) is 0 Å². The number of ether oxygens (including phenoxy) is 1. The predicted molar refractivity (Wildman–Crippen MR) is 86.8 cm³/mol. The first-order valence-electron chi connectivity index (χ1n) is 6.67. The van der Waals surface area contributed by atoms with Crippen molar-refractivity contribution in [2.75, 3.05) is 6.54 Å². The van der Waals surface area contributed by atoms with Crippen molar-refractivity contribution < 1.29 is 9.53 Å². The first-order valence-corrected chi connectivity index (χ1v) is 7.47. The van der Waals surface area contributed by atoms with Gasteiger partial charge in [0.2, 0.25) is 0 Å². The third-order valence-electron chi connectivity index (χ3n) is 2.49. The molecule has 0 bridgehead atoms. The van der Waals surface area contributed by atoms with E-state index in [-0.39, 0.29) is 6.09 Å². The summed E-state index contributed by atoms with van der Waals surface area (Å²) in [5, 5.41) is 2.72. The molecule has 0 aliphatic rings. The maximum atomic E-state index is 11.4. The molecule has 0 fully saturated rings. The zero-order valence-corrected chi connectivity index (χ0v) is 14.1. The van der Waals surface area contributed by atoms with E-state index in [0.717, 1.165) is 16.5 Å². The lowest BCUT2D eigenvalue weighted by molar-refractivity contribution is 0.0529. The fraction of sp³-hybridized carbons (Fsp3) is 0.438. The second-order valence-electron chi connectivity index (χ2n) is 5.63. The third kappa shape index (κ3) is 6.75. The zero-order chi connectivity index (χ0) is 15.2. The van der Waals surface area contributed by atoms with Gasteiger partial charge in [0.05, 0.1) is 0 Å². The van der Waals surface area contributed by atoms with Crippen LogP contribution in [0.1, 0.15) is 38.3 Å². The van der Waals surface area contributed by atoms with E-state index in [1.165, 1.54) is 5.56 Å². The maximum absolute atomic E-state index is 11.4. The number of nitrogens with one attached hydrogen (secondary N) is 1. The Kier molecular flexibility index (Phi) is 6.27. The van der Waals surface area contributed by atoms with Crippen LogP contribution in [0.2, 0.25) is 0 Å². The van der Waals surface area contributed by atoms with E-state index in [9.17, 15) is 4.79 Å². The summed E-state index contributed by atoms with van der Waals surface area (Å²) in [7, 11) is 0.